The van der Waals surface area contributed by atoms with Gasteiger partial charge in [0.05, 0.1) is 0 Å². The Bertz CT molecular complexity index is 252. The second-order valence-electron chi connectivity index (χ2n) is 2.30. The van der Waals surface area contributed by atoms with Crippen molar-refractivity contribution in [2.24, 2.45) is 0 Å². The molecule has 1 aromatic heterocycles. The van der Waals surface area contributed by atoms with Gasteiger partial charge in [-0.15, -0.1) is 11.3 Å². The Balaban J connectivity index is 2.54. The fourth-order valence-corrected chi connectivity index (χ4v) is 1.47. The predicted molar refractivity (Wildman–Crippen MR) is 55.7 cm³/mol. The van der Waals surface area contributed by atoms with Crippen LogP contribution in [-0.2, 0) is 0 Å². The Morgan fingerprint density at radius 2 is 1.54 bits per heavy atom. The second kappa shape index (κ2) is 5.43. The third-order valence-electron chi connectivity index (χ3n) is 1.31. The Morgan fingerprint density at radius 3 is 1.92 bits per heavy atom. The molecule has 0 atom stereocenters. The lowest BCUT2D eigenvalue weighted by molar-refractivity contribution is 0.311. The molecule has 3 heteroatoms. The Morgan fingerprint density at radius 1 is 1.08 bits per heavy atom. The molecule has 0 spiro atoms. The molecule has 0 aliphatic carbocycles. The molecule has 0 saturated carbocycles. The van der Waals surface area contributed by atoms with Gasteiger partial charge in [0.2, 0.25) is 0 Å². The number of hydrogen-bond donors (Lipinski definition) is 0. The second-order valence-corrected chi connectivity index (χ2v) is 3.04. The highest BCUT2D eigenvalue weighted by atomic mass is 32.1. The van der Waals surface area contributed by atoms with Gasteiger partial charge in [0.1, 0.15) is 13.2 Å². The van der Waals surface area contributed by atoms with E-state index in [0.717, 1.165) is 11.5 Å². The van der Waals surface area contributed by atoms with Crippen LogP contribution in [0.15, 0.2) is 36.1 Å². The molecule has 1 aromatic rings. The SMILES string of the molecule is C=CCOc1cscc1OCC=C. The lowest BCUT2D eigenvalue weighted by Crippen LogP contribution is -1.96. The van der Waals surface area contributed by atoms with Crippen LogP contribution in [0.25, 0.3) is 0 Å². The van der Waals surface area contributed by atoms with Crippen LogP contribution in [0.2, 0.25) is 0 Å². The maximum absolute atomic E-state index is 5.36. The molecule has 0 aliphatic rings. The van der Waals surface area contributed by atoms with Crippen molar-refractivity contribution < 1.29 is 9.47 Å². The lowest BCUT2D eigenvalue weighted by atomic mass is 10.5. The van der Waals surface area contributed by atoms with Crippen molar-refractivity contribution >= 4 is 11.3 Å². The highest BCUT2D eigenvalue weighted by Crippen LogP contribution is 2.31. The molecule has 0 aromatic carbocycles. The van der Waals surface area contributed by atoms with E-state index in [1.165, 1.54) is 0 Å². The van der Waals surface area contributed by atoms with Crippen LogP contribution >= 0.6 is 11.3 Å². The monoisotopic (exact) mass is 196 g/mol. The van der Waals surface area contributed by atoms with E-state index in [9.17, 15) is 0 Å². The molecule has 1 rings (SSSR count). The minimum atomic E-state index is 0.501. The van der Waals surface area contributed by atoms with E-state index in [2.05, 4.69) is 13.2 Å². The van der Waals surface area contributed by atoms with Crippen LogP contribution in [0.3, 0.4) is 0 Å². The van der Waals surface area contributed by atoms with Gasteiger partial charge in [0, 0.05) is 10.8 Å². The molecule has 0 radical (unpaired) electrons. The highest BCUT2D eigenvalue weighted by Gasteiger charge is 2.04. The molecular weight excluding hydrogens is 184 g/mol. The van der Waals surface area contributed by atoms with Crippen molar-refractivity contribution in [2.75, 3.05) is 13.2 Å². The van der Waals surface area contributed by atoms with Gasteiger partial charge in [-0.2, -0.15) is 0 Å². The van der Waals surface area contributed by atoms with Gasteiger partial charge in [-0.05, 0) is 0 Å². The predicted octanol–water partition coefficient (Wildman–Crippen LogP) is 2.88. The van der Waals surface area contributed by atoms with E-state index in [-0.39, 0.29) is 0 Å². The maximum Gasteiger partial charge on any atom is 0.172 e. The third kappa shape index (κ3) is 2.95. The molecule has 70 valence electrons. The zero-order chi connectivity index (χ0) is 9.52. The van der Waals surface area contributed by atoms with Gasteiger partial charge in [-0.3, -0.25) is 0 Å². The number of thiophene rings is 1. The maximum atomic E-state index is 5.36. The standard InChI is InChI=1S/C10H12O2S/c1-3-5-11-9-7-13-8-10(9)12-6-4-2/h3-4,7-8H,1-2,5-6H2. The minimum absolute atomic E-state index is 0.501. The van der Waals surface area contributed by atoms with Gasteiger partial charge in [-0.1, -0.05) is 25.3 Å². The van der Waals surface area contributed by atoms with Crippen LogP contribution < -0.4 is 9.47 Å². The van der Waals surface area contributed by atoms with Crippen LogP contribution in [0, 0.1) is 0 Å². The molecule has 0 saturated heterocycles. The van der Waals surface area contributed by atoms with E-state index in [4.69, 9.17) is 9.47 Å². The van der Waals surface area contributed by atoms with Crippen molar-refractivity contribution in [2.45, 2.75) is 0 Å². The first-order valence-corrected chi connectivity index (χ1v) is 4.86. The van der Waals surface area contributed by atoms with Gasteiger partial charge in [0.15, 0.2) is 11.5 Å². The quantitative estimate of drug-likeness (QED) is 0.651. The van der Waals surface area contributed by atoms with E-state index >= 15 is 0 Å². The lowest BCUT2D eigenvalue weighted by Gasteiger charge is -2.04. The summed E-state index contributed by atoms with van der Waals surface area (Å²) < 4.78 is 10.7. The first-order valence-electron chi connectivity index (χ1n) is 3.92. The summed E-state index contributed by atoms with van der Waals surface area (Å²) in [5.74, 6) is 1.54. The highest BCUT2D eigenvalue weighted by molar-refractivity contribution is 7.08. The normalized spacial score (nSPS) is 9.23. The molecule has 13 heavy (non-hydrogen) atoms. The van der Waals surface area contributed by atoms with Crippen LogP contribution in [-0.4, -0.2) is 13.2 Å². The van der Waals surface area contributed by atoms with Crippen LogP contribution in [0.4, 0.5) is 0 Å². The number of hydrogen-bond acceptors (Lipinski definition) is 3. The summed E-state index contributed by atoms with van der Waals surface area (Å²) in [6.07, 6.45) is 3.41. The van der Waals surface area contributed by atoms with Crippen molar-refractivity contribution in [1.29, 1.82) is 0 Å². The molecule has 1 heterocycles. The third-order valence-corrected chi connectivity index (χ3v) is 2.01. The summed E-state index contributed by atoms with van der Waals surface area (Å²) in [5.41, 5.74) is 0. The zero-order valence-corrected chi connectivity index (χ0v) is 8.18. The van der Waals surface area contributed by atoms with Gasteiger partial charge < -0.3 is 9.47 Å². The average Bonchev–Trinajstić information content (AvgIpc) is 2.59. The minimum Gasteiger partial charge on any atom is -0.485 e. The smallest absolute Gasteiger partial charge is 0.172 e. The summed E-state index contributed by atoms with van der Waals surface area (Å²) in [6.45, 7) is 8.15. The van der Waals surface area contributed by atoms with Crippen LogP contribution in [0.5, 0.6) is 11.5 Å². The van der Waals surface area contributed by atoms with Gasteiger partial charge >= 0.3 is 0 Å². The fraction of sp³-hybridized carbons (Fsp3) is 0.200. The zero-order valence-electron chi connectivity index (χ0n) is 7.36. The van der Waals surface area contributed by atoms with Crippen molar-refractivity contribution in [3.8, 4) is 11.5 Å². The Hall–Kier alpha value is -1.22. The van der Waals surface area contributed by atoms with E-state index in [0.29, 0.717) is 13.2 Å². The Labute approximate surface area is 82.1 Å². The largest absolute Gasteiger partial charge is 0.485 e. The van der Waals surface area contributed by atoms with E-state index in [1.54, 1.807) is 23.5 Å². The summed E-state index contributed by atoms with van der Waals surface area (Å²) >= 11 is 1.55. The Kier molecular flexibility index (Phi) is 4.12. The first kappa shape index (κ1) is 9.86. The van der Waals surface area contributed by atoms with E-state index in [1.807, 2.05) is 10.8 Å². The number of rotatable bonds is 6. The van der Waals surface area contributed by atoms with Crippen LogP contribution in [0.1, 0.15) is 0 Å². The summed E-state index contributed by atoms with van der Waals surface area (Å²) in [6, 6.07) is 0. The average molecular weight is 196 g/mol. The molecule has 0 N–H and O–H groups in total. The molecule has 2 nitrogen and oxygen atoms in total. The molecule has 0 unspecified atom stereocenters. The van der Waals surface area contributed by atoms with Crippen molar-refractivity contribution in [3.63, 3.8) is 0 Å². The van der Waals surface area contributed by atoms with E-state index < -0.39 is 0 Å². The topological polar surface area (TPSA) is 18.5 Å². The molecule has 0 fully saturated rings. The van der Waals surface area contributed by atoms with Gasteiger partial charge in [-0.25, -0.2) is 0 Å². The first-order chi connectivity index (χ1) is 6.38. The molecular formula is C10H12O2S. The summed E-state index contributed by atoms with van der Waals surface area (Å²) in [4.78, 5) is 0. The summed E-state index contributed by atoms with van der Waals surface area (Å²) in [5, 5.41) is 3.81. The summed E-state index contributed by atoms with van der Waals surface area (Å²) in [7, 11) is 0. The molecule has 0 aliphatic heterocycles. The number of ether oxygens (including phenoxy) is 2. The molecule has 0 bridgehead atoms. The van der Waals surface area contributed by atoms with Crippen molar-refractivity contribution in [1.82, 2.24) is 0 Å². The fourth-order valence-electron chi connectivity index (χ4n) is 0.781. The van der Waals surface area contributed by atoms with Gasteiger partial charge in [0.25, 0.3) is 0 Å². The van der Waals surface area contributed by atoms with Crippen molar-refractivity contribution in [3.05, 3.63) is 36.1 Å². The molecule has 0 amide bonds.